The van der Waals surface area contributed by atoms with Crippen molar-refractivity contribution in [1.82, 2.24) is 9.88 Å². The summed E-state index contributed by atoms with van der Waals surface area (Å²) in [4.78, 5) is 30.2. The third-order valence-corrected chi connectivity index (χ3v) is 4.14. The molecule has 0 fully saturated rings. The number of hydrogen-bond acceptors (Lipinski definition) is 5. The van der Waals surface area contributed by atoms with Gasteiger partial charge in [-0.2, -0.15) is 0 Å². The fourth-order valence-corrected chi connectivity index (χ4v) is 2.62. The van der Waals surface area contributed by atoms with Crippen LogP contribution in [0.25, 0.3) is 0 Å². The number of amides is 1. The first-order chi connectivity index (χ1) is 12.5. The second-order valence-corrected chi connectivity index (χ2v) is 6.01. The summed E-state index contributed by atoms with van der Waals surface area (Å²) in [5.74, 6) is -0.0712. The molecule has 138 valence electrons. The Morgan fingerprint density at radius 1 is 1.08 bits per heavy atom. The molecule has 0 spiro atoms. The molecule has 0 aliphatic rings. The first-order valence-electron chi connectivity index (χ1n) is 8.45. The Morgan fingerprint density at radius 3 is 2.31 bits per heavy atom. The van der Waals surface area contributed by atoms with Crippen LogP contribution in [-0.4, -0.2) is 49.1 Å². The van der Waals surface area contributed by atoms with Crippen LogP contribution in [0.5, 0.6) is 5.75 Å². The molecule has 2 aromatic rings. The Morgan fingerprint density at radius 2 is 1.73 bits per heavy atom. The van der Waals surface area contributed by atoms with Crippen LogP contribution < -0.4 is 4.74 Å². The molecule has 0 aliphatic heterocycles. The minimum absolute atomic E-state index is 0.128. The van der Waals surface area contributed by atoms with Crippen LogP contribution in [0.15, 0.2) is 48.8 Å². The Bertz CT molecular complexity index is 716. The van der Waals surface area contributed by atoms with E-state index in [1.54, 1.807) is 43.5 Å². The van der Waals surface area contributed by atoms with Gasteiger partial charge in [0.15, 0.2) is 0 Å². The molecule has 1 unspecified atom stereocenters. The largest absolute Gasteiger partial charge is 0.497 e. The van der Waals surface area contributed by atoms with E-state index in [4.69, 9.17) is 9.47 Å². The van der Waals surface area contributed by atoms with Gasteiger partial charge in [0, 0.05) is 31.0 Å². The topological polar surface area (TPSA) is 68.7 Å². The second kappa shape index (κ2) is 9.56. The molecule has 1 aromatic heterocycles. The summed E-state index contributed by atoms with van der Waals surface area (Å²) >= 11 is 0. The minimum atomic E-state index is -0.401. The van der Waals surface area contributed by atoms with E-state index in [1.165, 1.54) is 7.11 Å². The van der Waals surface area contributed by atoms with Gasteiger partial charge in [0.2, 0.25) is 0 Å². The highest BCUT2D eigenvalue weighted by Gasteiger charge is 2.22. The highest BCUT2D eigenvalue weighted by Crippen LogP contribution is 2.14. The molecule has 0 bridgehead atoms. The van der Waals surface area contributed by atoms with E-state index < -0.39 is 5.92 Å². The van der Waals surface area contributed by atoms with E-state index in [0.717, 1.165) is 11.3 Å². The summed E-state index contributed by atoms with van der Waals surface area (Å²) < 4.78 is 9.95. The Labute approximate surface area is 153 Å². The highest BCUT2D eigenvalue weighted by atomic mass is 16.5. The van der Waals surface area contributed by atoms with Crippen molar-refractivity contribution in [2.45, 2.75) is 13.3 Å². The number of benzene rings is 1. The lowest BCUT2D eigenvalue weighted by molar-refractivity contribution is -0.145. The van der Waals surface area contributed by atoms with Gasteiger partial charge in [-0.05, 0) is 36.2 Å². The van der Waals surface area contributed by atoms with Gasteiger partial charge in [-0.15, -0.1) is 0 Å². The van der Waals surface area contributed by atoms with Gasteiger partial charge >= 0.3 is 5.97 Å². The lowest BCUT2D eigenvalue weighted by atomic mass is 10.1. The van der Waals surface area contributed by atoms with Crippen molar-refractivity contribution in [2.75, 3.05) is 27.3 Å². The van der Waals surface area contributed by atoms with Gasteiger partial charge in [0.1, 0.15) is 5.75 Å². The summed E-state index contributed by atoms with van der Waals surface area (Å²) in [7, 11) is 2.98. The number of nitrogens with zero attached hydrogens (tertiary/aromatic N) is 2. The molecule has 1 heterocycles. The Balaban J connectivity index is 2.11. The molecule has 6 heteroatoms. The third-order valence-electron chi connectivity index (χ3n) is 4.14. The molecule has 26 heavy (non-hydrogen) atoms. The smallest absolute Gasteiger partial charge is 0.310 e. The fraction of sp³-hybridized carbons (Fsp3) is 0.350. The van der Waals surface area contributed by atoms with Crippen LogP contribution >= 0.6 is 0 Å². The van der Waals surface area contributed by atoms with Gasteiger partial charge in [0.05, 0.1) is 20.1 Å². The molecule has 0 N–H and O–H groups in total. The first-order valence-corrected chi connectivity index (χ1v) is 8.45. The van der Waals surface area contributed by atoms with Crippen LogP contribution in [0.3, 0.4) is 0 Å². The molecule has 1 aromatic carbocycles. The maximum atomic E-state index is 12.8. The maximum absolute atomic E-state index is 12.8. The molecular formula is C20H24N2O4. The van der Waals surface area contributed by atoms with E-state index in [1.807, 2.05) is 24.3 Å². The minimum Gasteiger partial charge on any atom is -0.497 e. The lowest BCUT2D eigenvalue weighted by Crippen LogP contribution is -2.38. The summed E-state index contributed by atoms with van der Waals surface area (Å²) in [5.41, 5.74) is 1.64. The van der Waals surface area contributed by atoms with Crippen molar-refractivity contribution in [3.63, 3.8) is 0 Å². The molecule has 1 atom stereocenters. The lowest BCUT2D eigenvalue weighted by Gasteiger charge is -2.25. The number of esters is 1. The predicted molar refractivity (Wildman–Crippen MR) is 98.0 cm³/mol. The normalized spacial score (nSPS) is 11.5. The highest BCUT2D eigenvalue weighted by molar-refractivity contribution is 5.94. The summed E-state index contributed by atoms with van der Waals surface area (Å²) in [6.07, 6.45) is 3.84. The molecule has 0 radical (unpaired) electrons. The summed E-state index contributed by atoms with van der Waals surface area (Å²) in [5, 5.41) is 0. The number of methoxy groups -OCH3 is 2. The van der Waals surface area contributed by atoms with Crippen molar-refractivity contribution in [1.29, 1.82) is 0 Å². The van der Waals surface area contributed by atoms with E-state index in [-0.39, 0.29) is 11.9 Å². The molecule has 0 saturated heterocycles. The SMILES string of the molecule is COC(=O)C(C)CN(CCc1ccc(OC)cc1)C(=O)c1ccncc1. The first kappa shape index (κ1) is 19.4. The maximum Gasteiger partial charge on any atom is 0.310 e. The summed E-state index contributed by atoms with van der Waals surface area (Å²) in [6.45, 7) is 2.55. The molecule has 6 nitrogen and oxygen atoms in total. The quantitative estimate of drug-likeness (QED) is 0.680. The van der Waals surface area contributed by atoms with Gasteiger partial charge in [-0.1, -0.05) is 19.1 Å². The van der Waals surface area contributed by atoms with Crippen LogP contribution in [0, 0.1) is 5.92 Å². The zero-order valence-electron chi connectivity index (χ0n) is 15.3. The number of ether oxygens (including phenoxy) is 2. The monoisotopic (exact) mass is 356 g/mol. The summed E-state index contributed by atoms with van der Waals surface area (Å²) in [6, 6.07) is 11.1. The molecule has 0 aliphatic carbocycles. The number of pyridine rings is 1. The second-order valence-electron chi connectivity index (χ2n) is 6.01. The molecule has 1 amide bonds. The zero-order valence-corrected chi connectivity index (χ0v) is 15.3. The number of hydrogen-bond donors (Lipinski definition) is 0. The van der Waals surface area contributed by atoms with Crippen molar-refractivity contribution < 1.29 is 19.1 Å². The van der Waals surface area contributed by atoms with Crippen molar-refractivity contribution >= 4 is 11.9 Å². The van der Waals surface area contributed by atoms with Gasteiger partial charge in [-0.3, -0.25) is 14.6 Å². The van der Waals surface area contributed by atoms with Gasteiger partial charge in [-0.25, -0.2) is 0 Å². The Kier molecular flexibility index (Phi) is 7.14. The molecular weight excluding hydrogens is 332 g/mol. The van der Waals surface area contributed by atoms with Crippen molar-refractivity contribution in [3.8, 4) is 5.75 Å². The third kappa shape index (κ3) is 5.31. The fourth-order valence-electron chi connectivity index (χ4n) is 2.62. The van der Waals surface area contributed by atoms with Crippen LogP contribution in [0.4, 0.5) is 0 Å². The van der Waals surface area contributed by atoms with E-state index in [2.05, 4.69) is 4.98 Å². The van der Waals surface area contributed by atoms with Gasteiger partial charge in [0.25, 0.3) is 5.91 Å². The van der Waals surface area contributed by atoms with Crippen LogP contribution in [0.1, 0.15) is 22.8 Å². The van der Waals surface area contributed by atoms with Crippen molar-refractivity contribution in [2.24, 2.45) is 5.92 Å². The van der Waals surface area contributed by atoms with Crippen LogP contribution in [0.2, 0.25) is 0 Å². The Hall–Kier alpha value is -2.89. The number of carbonyl (C=O) groups excluding carboxylic acids is 2. The van der Waals surface area contributed by atoms with Gasteiger partial charge < -0.3 is 14.4 Å². The predicted octanol–water partition coefficient (Wildman–Crippen LogP) is 2.58. The number of aromatic nitrogens is 1. The number of carbonyl (C=O) groups is 2. The number of rotatable bonds is 8. The zero-order chi connectivity index (χ0) is 18.9. The average Bonchev–Trinajstić information content (AvgIpc) is 2.70. The van der Waals surface area contributed by atoms with E-state index >= 15 is 0 Å². The van der Waals surface area contributed by atoms with Crippen molar-refractivity contribution in [3.05, 3.63) is 59.9 Å². The standard InChI is InChI=1S/C20H24N2O4/c1-15(20(24)26-3)14-22(19(23)17-8-11-21-12-9-17)13-10-16-4-6-18(25-2)7-5-16/h4-9,11-12,15H,10,13-14H2,1-3H3. The molecule has 0 saturated carbocycles. The van der Waals surface area contributed by atoms with E-state index in [0.29, 0.717) is 25.1 Å². The molecule has 2 rings (SSSR count). The van der Waals surface area contributed by atoms with E-state index in [9.17, 15) is 9.59 Å². The average molecular weight is 356 g/mol. The van der Waals surface area contributed by atoms with Crippen LogP contribution in [-0.2, 0) is 16.0 Å².